The SMILES string of the molecule is CON(C(=O)NC(=O)CCl)c1ccccc1. The molecule has 0 aliphatic heterocycles. The van der Waals surface area contributed by atoms with Crippen molar-refractivity contribution in [3.05, 3.63) is 30.3 Å². The molecule has 0 spiro atoms. The van der Waals surface area contributed by atoms with Crippen LogP contribution in [0.2, 0.25) is 0 Å². The van der Waals surface area contributed by atoms with E-state index in [-0.39, 0.29) is 5.88 Å². The third-order valence-corrected chi connectivity index (χ3v) is 1.97. The molecule has 1 aromatic rings. The summed E-state index contributed by atoms with van der Waals surface area (Å²) in [6.07, 6.45) is 0. The number of rotatable bonds is 3. The monoisotopic (exact) mass is 242 g/mol. The van der Waals surface area contributed by atoms with Crippen molar-refractivity contribution in [3.63, 3.8) is 0 Å². The summed E-state index contributed by atoms with van der Waals surface area (Å²) in [6.45, 7) is 0. The molecule has 1 aromatic carbocycles. The van der Waals surface area contributed by atoms with E-state index in [4.69, 9.17) is 16.4 Å². The van der Waals surface area contributed by atoms with Crippen LogP contribution < -0.4 is 10.4 Å². The molecule has 0 saturated heterocycles. The molecule has 0 aliphatic rings. The minimum absolute atomic E-state index is 0.280. The van der Waals surface area contributed by atoms with Crippen molar-refractivity contribution in [3.8, 4) is 0 Å². The number of hydrogen-bond donors (Lipinski definition) is 1. The van der Waals surface area contributed by atoms with Gasteiger partial charge in [-0.3, -0.25) is 14.9 Å². The standard InChI is InChI=1S/C10H11ClN2O3/c1-16-13(8-5-3-2-4-6-8)10(15)12-9(14)7-11/h2-6H,7H2,1H3,(H,12,14,15). The van der Waals surface area contributed by atoms with Gasteiger partial charge in [-0.05, 0) is 12.1 Å². The average molecular weight is 243 g/mol. The van der Waals surface area contributed by atoms with Crippen LogP contribution in [0.4, 0.5) is 10.5 Å². The second kappa shape index (κ2) is 6.09. The highest BCUT2D eigenvalue weighted by Crippen LogP contribution is 2.12. The highest BCUT2D eigenvalue weighted by molar-refractivity contribution is 6.28. The number of halogens is 1. The summed E-state index contributed by atoms with van der Waals surface area (Å²) in [5.74, 6) is -0.859. The van der Waals surface area contributed by atoms with Crippen LogP contribution in [-0.2, 0) is 9.63 Å². The molecule has 0 atom stereocenters. The first-order valence-corrected chi connectivity index (χ1v) is 5.01. The fourth-order valence-corrected chi connectivity index (χ4v) is 1.14. The zero-order chi connectivity index (χ0) is 12.0. The predicted molar refractivity (Wildman–Crippen MR) is 60.2 cm³/mol. The lowest BCUT2D eigenvalue weighted by molar-refractivity contribution is -0.117. The Morgan fingerprint density at radius 3 is 2.50 bits per heavy atom. The Morgan fingerprint density at radius 2 is 2.00 bits per heavy atom. The second-order valence-corrected chi connectivity index (χ2v) is 3.07. The number of alkyl halides is 1. The molecule has 0 heterocycles. The molecule has 6 heteroatoms. The van der Waals surface area contributed by atoms with Gasteiger partial charge < -0.3 is 0 Å². The minimum atomic E-state index is -0.681. The molecule has 16 heavy (non-hydrogen) atoms. The van der Waals surface area contributed by atoms with Gasteiger partial charge in [0.05, 0.1) is 12.8 Å². The maximum Gasteiger partial charge on any atom is 0.352 e. The molecule has 3 amide bonds. The number of hydrogen-bond acceptors (Lipinski definition) is 3. The van der Waals surface area contributed by atoms with Crippen LogP contribution in [0.25, 0.3) is 0 Å². The first-order chi connectivity index (χ1) is 7.69. The lowest BCUT2D eigenvalue weighted by Gasteiger charge is -2.19. The van der Waals surface area contributed by atoms with Gasteiger partial charge in [-0.2, -0.15) is 5.06 Å². The van der Waals surface area contributed by atoms with Gasteiger partial charge in [0.2, 0.25) is 5.91 Å². The molecule has 86 valence electrons. The molecule has 0 aromatic heterocycles. The number of imide groups is 1. The summed E-state index contributed by atoms with van der Waals surface area (Å²) >= 11 is 5.27. The zero-order valence-electron chi connectivity index (χ0n) is 8.64. The lowest BCUT2D eigenvalue weighted by Crippen LogP contribution is -2.42. The number of amides is 3. The van der Waals surface area contributed by atoms with Gasteiger partial charge in [-0.25, -0.2) is 4.79 Å². The van der Waals surface area contributed by atoms with Crippen LogP contribution in [0.5, 0.6) is 0 Å². The molecule has 1 N–H and O–H groups in total. The normalized spacial score (nSPS) is 9.62. The highest BCUT2D eigenvalue weighted by Gasteiger charge is 2.17. The molecule has 0 aliphatic carbocycles. The Morgan fingerprint density at radius 1 is 1.38 bits per heavy atom. The van der Waals surface area contributed by atoms with Gasteiger partial charge in [-0.1, -0.05) is 18.2 Å². The molecule has 0 radical (unpaired) electrons. The Kier molecular flexibility index (Phi) is 4.75. The van der Waals surface area contributed by atoms with E-state index in [9.17, 15) is 9.59 Å². The van der Waals surface area contributed by atoms with Crippen molar-refractivity contribution in [1.82, 2.24) is 5.32 Å². The lowest BCUT2D eigenvalue weighted by atomic mass is 10.3. The van der Waals surface area contributed by atoms with E-state index >= 15 is 0 Å². The summed E-state index contributed by atoms with van der Waals surface area (Å²) < 4.78 is 0. The Balaban J connectivity index is 2.75. The number of carbonyl (C=O) groups excluding carboxylic acids is 2. The maximum atomic E-state index is 11.6. The molecule has 0 bridgehead atoms. The Hall–Kier alpha value is -1.59. The number of nitrogens with one attached hydrogen (secondary N) is 1. The van der Waals surface area contributed by atoms with E-state index in [2.05, 4.69) is 5.32 Å². The van der Waals surface area contributed by atoms with E-state index in [1.807, 2.05) is 0 Å². The molecule has 0 unspecified atom stereocenters. The smallest absolute Gasteiger partial charge is 0.275 e. The summed E-state index contributed by atoms with van der Waals surface area (Å²) in [4.78, 5) is 27.4. The van der Waals surface area contributed by atoms with E-state index in [1.54, 1.807) is 30.3 Å². The van der Waals surface area contributed by atoms with Crippen molar-refractivity contribution in [2.45, 2.75) is 0 Å². The number of hydroxylamine groups is 1. The average Bonchev–Trinajstić information content (AvgIpc) is 2.31. The molecule has 0 fully saturated rings. The van der Waals surface area contributed by atoms with Crippen LogP contribution in [0.1, 0.15) is 0 Å². The molecule has 1 rings (SSSR count). The fourth-order valence-electron chi connectivity index (χ4n) is 1.07. The topological polar surface area (TPSA) is 58.6 Å². The van der Waals surface area contributed by atoms with Crippen LogP contribution in [0.3, 0.4) is 0 Å². The summed E-state index contributed by atoms with van der Waals surface area (Å²) in [5.41, 5.74) is 0.518. The third kappa shape index (κ3) is 3.22. The predicted octanol–water partition coefficient (Wildman–Crippen LogP) is 1.53. The summed E-state index contributed by atoms with van der Waals surface area (Å²) in [7, 11) is 1.33. The van der Waals surface area contributed by atoms with E-state index in [0.29, 0.717) is 5.69 Å². The van der Waals surface area contributed by atoms with Crippen molar-refractivity contribution in [1.29, 1.82) is 0 Å². The molecular formula is C10H11ClN2O3. The van der Waals surface area contributed by atoms with Crippen LogP contribution >= 0.6 is 11.6 Å². The van der Waals surface area contributed by atoms with Crippen molar-refractivity contribution < 1.29 is 14.4 Å². The zero-order valence-corrected chi connectivity index (χ0v) is 9.40. The summed E-state index contributed by atoms with van der Waals surface area (Å²) in [5, 5.41) is 3.03. The first kappa shape index (κ1) is 12.5. The molecular weight excluding hydrogens is 232 g/mol. The fraction of sp³-hybridized carbons (Fsp3) is 0.200. The first-order valence-electron chi connectivity index (χ1n) is 4.48. The minimum Gasteiger partial charge on any atom is -0.275 e. The Labute approximate surface area is 97.9 Å². The largest absolute Gasteiger partial charge is 0.352 e. The number of urea groups is 1. The van der Waals surface area contributed by atoms with Gasteiger partial charge in [-0.15, -0.1) is 11.6 Å². The number of benzene rings is 1. The van der Waals surface area contributed by atoms with Crippen LogP contribution in [-0.4, -0.2) is 24.9 Å². The van der Waals surface area contributed by atoms with Gasteiger partial charge in [0.15, 0.2) is 0 Å². The maximum absolute atomic E-state index is 11.6. The second-order valence-electron chi connectivity index (χ2n) is 2.80. The number of para-hydroxylation sites is 1. The van der Waals surface area contributed by atoms with Gasteiger partial charge in [0.25, 0.3) is 0 Å². The quantitative estimate of drug-likeness (QED) is 0.646. The van der Waals surface area contributed by atoms with Gasteiger partial charge in [0, 0.05) is 0 Å². The van der Waals surface area contributed by atoms with Crippen LogP contribution in [0, 0.1) is 0 Å². The van der Waals surface area contributed by atoms with Gasteiger partial charge in [0.1, 0.15) is 5.88 Å². The van der Waals surface area contributed by atoms with Crippen molar-refractivity contribution >= 4 is 29.2 Å². The number of anilines is 1. The van der Waals surface area contributed by atoms with Crippen molar-refractivity contribution in [2.24, 2.45) is 0 Å². The highest BCUT2D eigenvalue weighted by atomic mass is 35.5. The molecule has 5 nitrogen and oxygen atoms in total. The van der Waals surface area contributed by atoms with E-state index in [0.717, 1.165) is 5.06 Å². The van der Waals surface area contributed by atoms with Crippen LogP contribution in [0.15, 0.2) is 30.3 Å². The van der Waals surface area contributed by atoms with Gasteiger partial charge >= 0.3 is 6.03 Å². The van der Waals surface area contributed by atoms with E-state index in [1.165, 1.54) is 7.11 Å². The molecule has 0 saturated carbocycles. The van der Waals surface area contributed by atoms with Crippen molar-refractivity contribution in [2.75, 3.05) is 18.1 Å². The van der Waals surface area contributed by atoms with E-state index < -0.39 is 11.9 Å². The third-order valence-electron chi connectivity index (χ3n) is 1.73. The number of nitrogens with zero attached hydrogens (tertiary/aromatic N) is 1. The number of carbonyl (C=O) groups is 2. The Bertz CT molecular complexity index is 370. The summed E-state index contributed by atoms with van der Waals surface area (Å²) in [6, 6.07) is 7.97.